The van der Waals surface area contributed by atoms with Gasteiger partial charge in [-0.05, 0) is 49.1 Å². The lowest BCUT2D eigenvalue weighted by Gasteiger charge is -2.22. The normalized spacial score (nSPS) is 13.6. The van der Waals surface area contributed by atoms with Crippen LogP contribution in [0.1, 0.15) is 29.0 Å². The van der Waals surface area contributed by atoms with Crippen molar-refractivity contribution in [1.82, 2.24) is 19.4 Å². The molecule has 0 N–H and O–H groups in total. The fourth-order valence-electron chi connectivity index (χ4n) is 3.25. The van der Waals surface area contributed by atoms with Crippen molar-refractivity contribution in [3.05, 3.63) is 70.6 Å². The second kappa shape index (κ2) is 7.94. The van der Waals surface area contributed by atoms with E-state index in [0.717, 1.165) is 23.5 Å². The summed E-state index contributed by atoms with van der Waals surface area (Å²) in [7, 11) is 0. The number of halogens is 2. The smallest absolute Gasteiger partial charge is 0.256 e. The zero-order chi connectivity index (χ0) is 19.7. The van der Waals surface area contributed by atoms with Gasteiger partial charge in [-0.2, -0.15) is 0 Å². The van der Waals surface area contributed by atoms with Crippen molar-refractivity contribution in [3.63, 3.8) is 0 Å². The van der Waals surface area contributed by atoms with Crippen molar-refractivity contribution in [2.24, 2.45) is 5.92 Å². The van der Waals surface area contributed by atoms with Gasteiger partial charge in [0.05, 0.1) is 17.1 Å². The molecular formula is C21H20Cl2N4O. The standard InChI is InChI=1S/C21H20Cl2N4O/c1-2-10-26(21(28)16-11-15(22)7-8-17(16)23)13-19-25-18-4-3-9-24-20(18)27(19)12-14-5-6-14/h2-4,7-9,11,14H,1,5-6,10,12-13H2. The lowest BCUT2D eigenvalue weighted by atomic mass is 10.2. The highest BCUT2D eigenvalue weighted by Crippen LogP contribution is 2.32. The zero-order valence-corrected chi connectivity index (χ0v) is 16.8. The molecule has 1 aliphatic rings. The third kappa shape index (κ3) is 3.91. The van der Waals surface area contributed by atoms with Crippen molar-refractivity contribution in [2.45, 2.75) is 25.9 Å². The Morgan fingerprint density at radius 1 is 1.32 bits per heavy atom. The number of aromatic nitrogens is 3. The maximum Gasteiger partial charge on any atom is 0.256 e. The fourth-order valence-corrected chi connectivity index (χ4v) is 3.62. The summed E-state index contributed by atoms with van der Waals surface area (Å²) < 4.78 is 2.13. The molecule has 0 saturated heterocycles. The molecule has 1 aliphatic carbocycles. The van der Waals surface area contributed by atoms with Gasteiger partial charge < -0.3 is 9.47 Å². The lowest BCUT2D eigenvalue weighted by Crippen LogP contribution is -2.32. The first kappa shape index (κ1) is 19.0. The topological polar surface area (TPSA) is 51.0 Å². The first-order chi connectivity index (χ1) is 13.6. The number of benzene rings is 1. The van der Waals surface area contributed by atoms with Crippen LogP contribution in [0.2, 0.25) is 10.0 Å². The number of imidazole rings is 1. The molecule has 0 aliphatic heterocycles. The van der Waals surface area contributed by atoms with Gasteiger partial charge in [0.2, 0.25) is 0 Å². The Balaban J connectivity index is 1.69. The Bertz CT molecular complexity index is 1040. The van der Waals surface area contributed by atoms with Crippen LogP contribution >= 0.6 is 23.2 Å². The van der Waals surface area contributed by atoms with E-state index in [0.29, 0.717) is 34.6 Å². The number of nitrogens with zero attached hydrogens (tertiary/aromatic N) is 4. The van der Waals surface area contributed by atoms with Crippen LogP contribution in [0.25, 0.3) is 11.2 Å². The maximum atomic E-state index is 13.2. The minimum absolute atomic E-state index is 0.203. The molecule has 0 bridgehead atoms. The van der Waals surface area contributed by atoms with E-state index in [9.17, 15) is 4.79 Å². The molecule has 2 aromatic heterocycles. The van der Waals surface area contributed by atoms with Gasteiger partial charge in [-0.15, -0.1) is 6.58 Å². The van der Waals surface area contributed by atoms with E-state index in [-0.39, 0.29) is 5.91 Å². The molecule has 7 heteroatoms. The number of fused-ring (bicyclic) bond motifs is 1. The average Bonchev–Trinajstić information content (AvgIpc) is 3.45. The van der Waals surface area contributed by atoms with Crippen LogP contribution in [-0.2, 0) is 13.1 Å². The van der Waals surface area contributed by atoms with Crippen LogP contribution in [0.5, 0.6) is 0 Å². The molecule has 0 unspecified atom stereocenters. The molecule has 1 aromatic carbocycles. The maximum absolute atomic E-state index is 13.2. The van der Waals surface area contributed by atoms with E-state index in [1.165, 1.54) is 12.8 Å². The van der Waals surface area contributed by atoms with Gasteiger partial charge in [-0.3, -0.25) is 4.79 Å². The number of hydrogen-bond acceptors (Lipinski definition) is 3. The summed E-state index contributed by atoms with van der Waals surface area (Å²) in [5.41, 5.74) is 2.07. The molecule has 3 aromatic rings. The third-order valence-corrected chi connectivity index (χ3v) is 5.41. The van der Waals surface area contributed by atoms with E-state index < -0.39 is 0 Å². The SMILES string of the molecule is C=CCN(Cc1nc2cccnc2n1CC1CC1)C(=O)c1cc(Cl)ccc1Cl. The number of rotatable bonds is 7. The number of carbonyl (C=O) groups is 1. The fraction of sp³-hybridized carbons (Fsp3) is 0.286. The van der Waals surface area contributed by atoms with Gasteiger partial charge in [0.15, 0.2) is 5.65 Å². The summed E-state index contributed by atoms with van der Waals surface area (Å²) in [6.07, 6.45) is 5.91. The first-order valence-corrected chi connectivity index (χ1v) is 9.97. The van der Waals surface area contributed by atoms with E-state index >= 15 is 0 Å². The molecule has 4 rings (SSSR count). The Morgan fingerprint density at radius 3 is 2.89 bits per heavy atom. The monoisotopic (exact) mass is 414 g/mol. The Kier molecular flexibility index (Phi) is 5.38. The van der Waals surface area contributed by atoms with Crippen molar-refractivity contribution in [3.8, 4) is 0 Å². The lowest BCUT2D eigenvalue weighted by molar-refractivity contribution is 0.0757. The van der Waals surface area contributed by atoms with Crippen molar-refractivity contribution in [2.75, 3.05) is 6.54 Å². The predicted octanol–water partition coefficient (Wildman–Crippen LogP) is 4.98. The minimum Gasteiger partial charge on any atom is -0.327 e. The molecule has 0 spiro atoms. The van der Waals surface area contributed by atoms with E-state index in [2.05, 4.69) is 16.1 Å². The van der Waals surface area contributed by atoms with E-state index in [4.69, 9.17) is 28.2 Å². The van der Waals surface area contributed by atoms with Crippen LogP contribution in [0.4, 0.5) is 0 Å². The van der Waals surface area contributed by atoms with E-state index in [1.807, 2.05) is 12.1 Å². The van der Waals surface area contributed by atoms with Gasteiger partial charge in [-0.1, -0.05) is 29.3 Å². The van der Waals surface area contributed by atoms with Gasteiger partial charge in [0, 0.05) is 24.3 Å². The first-order valence-electron chi connectivity index (χ1n) is 9.22. The van der Waals surface area contributed by atoms with Crippen molar-refractivity contribution in [1.29, 1.82) is 0 Å². The number of hydrogen-bond donors (Lipinski definition) is 0. The summed E-state index contributed by atoms with van der Waals surface area (Å²) in [4.78, 5) is 24.1. The summed E-state index contributed by atoms with van der Waals surface area (Å²) in [5, 5.41) is 0.841. The van der Waals surface area contributed by atoms with Gasteiger partial charge >= 0.3 is 0 Å². The number of amides is 1. The van der Waals surface area contributed by atoms with Gasteiger partial charge in [0.25, 0.3) is 5.91 Å². The molecule has 0 radical (unpaired) electrons. The Morgan fingerprint density at radius 2 is 2.14 bits per heavy atom. The molecule has 1 fully saturated rings. The summed E-state index contributed by atoms with van der Waals surface area (Å²) in [6.45, 7) is 5.38. The molecule has 2 heterocycles. The minimum atomic E-state index is -0.203. The van der Waals surface area contributed by atoms with Crippen LogP contribution in [-0.4, -0.2) is 31.9 Å². The molecular weight excluding hydrogens is 395 g/mol. The predicted molar refractivity (Wildman–Crippen MR) is 112 cm³/mol. The van der Waals surface area contributed by atoms with Gasteiger partial charge in [-0.25, -0.2) is 9.97 Å². The highest BCUT2D eigenvalue weighted by atomic mass is 35.5. The molecule has 5 nitrogen and oxygen atoms in total. The second-order valence-electron chi connectivity index (χ2n) is 7.03. The largest absolute Gasteiger partial charge is 0.327 e. The molecule has 1 amide bonds. The molecule has 144 valence electrons. The number of pyridine rings is 1. The highest BCUT2D eigenvalue weighted by Gasteiger charge is 2.26. The number of carbonyl (C=O) groups excluding carboxylic acids is 1. The van der Waals surface area contributed by atoms with Crippen molar-refractivity contribution >= 4 is 40.3 Å². The molecule has 1 saturated carbocycles. The molecule has 0 atom stereocenters. The summed E-state index contributed by atoms with van der Waals surface area (Å²) in [5.74, 6) is 1.27. The van der Waals surface area contributed by atoms with Gasteiger partial charge in [0.1, 0.15) is 11.3 Å². The third-order valence-electron chi connectivity index (χ3n) is 4.85. The van der Waals surface area contributed by atoms with Crippen molar-refractivity contribution < 1.29 is 4.79 Å². The summed E-state index contributed by atoms with van der Waals surface area (Å²) in [6, 6.07) is 8.72. The van der Waals surface area contributed by atoms with Crippen LogP contribution < -0.4 is 0 Å². The Labute approximate surface area is 173 Å². The zero-order valence-electron chi connectivity index (χ0n) is 15.3. The van der Waals surface area contributed by atoms with E-state index in [1.54, 1.807) is 35.4 Å². The highest BCUT2D eigenvalue weighted by molar-refractivity contribution is 6.35. The van der Waals surface area contributed by atoms with Crippen LogP contribution in [0, 0.1) is 5.92 Å². The van der Waals surface area contributed by atoms with Crippen LogP contribution in [0.15, 0.2) is 49.2 Å². The van der Waals surface area contributed by atoms with Crippen LogP contribution in [0.3, 0.4) is 0 Å². The molecule has 28 heavy (non-hydrogen) atoms. The summed E-state index contributed by atoms with van der Waals surface area (Å²) >= 11 is 12.3. The second-order valence-corrected chi connectivity index (χ2v) is 7.87. The quantitative estimate of drug-likeness (QED) is 0.512. The Hall–Kier alpha value is -2.37. The average molecular weight is 415 g/mol.